The minimum absolute atomic E-state index is 0.0870. The van der Waals surface area contributed by atoms with Crippen LogP contribution in [-0.4, -0.2) is 53.7 Å². The van der Waals surface area contributed by atoms with E-state index in [1.54, 1.807) is 0 Å². The Kier molecular flexibility index (Phi) is 7.61. The van der Waals surface area contributed by atoms with Crippen molar-refractivity contribution in [3.8, 4) is 0 Å². The second-order valence-electron chi connectivity index (χ2n) is 7.88. The van der Waals surface area contributed by atoms with Gasteiger partial charge in [0.2, 0.25) is 5.91 Å². The van der Waals surface area contributed by atoms with Crippen molar-refractivity contribution >= 4 is 17.7 Å². The molecular weight excluding hydrogens is 354 g/mol. The molecule has 1 aromatic carbocycles. The van der Waals surface area contributed by atoms with Gasteiger partial charge in [0.25, 0.3) is 0 Å². The minimum atomic E-state index is -0.595. The Bertz CT molecular complexity index is 699. The Balaban J connectivity index is 2.03. The number of nitrogens with zero attached hydrogens (tertiary/aromatic N) is 2. The lowest BCUT2D eigenvalue weighted by molar-refractivity contribution is -0.156. The number of piperazine rings is 1. The zero-order valence-corrected chi connectivity index (χ0v) is 17.7. The van der Waals surface area contributed by atoms with Crippen molar-refractivity contribution in [2.24, 2.45) is 5.92 Å². The predicted molar refractivity (Wildman–Crippen MR) is 110 cm³/mol. The number of carbonyl (C=O) groups is 3. The van der Waals surface area contributed by atoms with Crippen molar-refractivity contribution in [3.05, 3.63) is 35.4 Å². The van der Waals surface area contributed by atoms with E-state index >= 15 is 0 Å². The lowest BCUT2D eigenvalue weighted by atomic mass is 9.92. The third-order valence-corrected chi connectivity index (χ3v) is 5.57. The normalized spacial score (nSPS) is 17.1. The molecule has 28 heavy (non-hydrogen) atoms. The number of benzene rings is 1. The molecule has 1 fully saturated rings. The maximum Gasteiger partial charge on any atom is 0.312 e. The summed E-state index contributed by atoms with van der Waals surface area (Å²) >= 11 is 0. The molecule has 2 rings (SSSR count). The van der Waals surface area contributed by atoms with Gasteiger partial charge in [-0.1, -0.05) is 52.0 Å². The van der Waals surface area contributed by atoms with E-state index in [4.69, 9.17) is 0 Å². The number of rotatable bonds is 8. The van der Waals surface area contributed by atoms with E-state index in [2.05, 4.69) is 57.3 Å². The van der Waals surface area contributed by atoms with Crippen LogP contribution in [0.15, 0.2) is 24.3 Å². The molecule has 1 heterocycles. The molecule has 0 radical (unpaired) electrons. The standard InChI is InChI=1S/C22H33N3O3/c1-6-16(5)17-8-10-18(11-9-17)20(15(3)4)23-19(26)14-25-13-12-24(7-2)21(27)22(25)28/h8-11,15-16,20H,6-7,12-14H2,1-5H3,(H,23,26). The van der Waals surface area contributed by atoms with Crippen molar-refractivity contribution in [1.82, 2.24) is 15.1 Å². The molecule has 0 aliphatic carbocycles. The van der Waals surface area contributed by atoms with Crippen LogP contribution in [0.5, 0.6) is 0 Å². The predicted octanol–water partition coefficient (Wildman–Crippen LogP) is 2.70. The van der Waals surface area contributed by atoms with Gasteiger partial charge in [0.15, 0.2) is 0 Å². The third-order valence-electron chi connectivity index (χ3n) is 5.57. The SMILES string of the molecule is CCC(C)c1ccc(C(NC(=O)CN2CCN(CC)C(=O)C2=O)C(C)C)cc1. The van der Waals surface area contributed by atoms with Gasteiger partial charge in [0, 0.05) is 19.6 Å². The van der Waals surface area contributed by atoms with Crippen molar-refractivity contribution in [2.45, 2.75) is 53.0 Å². The summed E-state index contributed by atoms with van der Waals surface area (Å²) < 4.78 is 0. The molecule has 2 unspecified atom stereocenters. The number of hydrogen-bond acceptors (Lipinski definition) is 3. The number of nitrogens with one attached hydrogen (secondary N) is 1. The van der Waals surface area contributed by atoms with Gasteiger partial charge in [-0.05, 0) is 36.3 Å². The summed E-state index contributed by atoms with van der Waals surface area (Å²) in [5.74, 6) is -0.653. The van der Waals surface area contributed by atoms with Gasteiger partial charge in [0.05, 0.1) is 6.04 Å². The summed E-state index contributed by atoms with van der Waals surface area (Å²) in [6, 6.07) is 8.25. The van der Waals surface area contributed by atoms with Crippen LogP contribution in [0.2, 0.25) is 0 Å². The highest BCUT2D eigenvalue weighted by molar-refractivity contribution is 6.35. The largest absolute Gasteiger partial charge is 0.348 e. The van der Waals surface area contributed by atoms with E-state index in [1.807, 2.05) is 6.92 Å². The van der Waals surface area contributed by atoms with Gasteiger partial charge >= 0.3 is 11.8 Å². The van der Waals surface area contributed by atoms with E-state index in [-0.39, 0.29) is 24.4 Å². The average Bonchev–Trinajstić information content (AvgIpc) is 2.69. The van der Waals surface area contributed by atoms with Crippen LogP contribution in [0.25, 0.3) is 0 Å². The fraction of sp³-hybridized carbons (Fsp3) is 0.591. The van der Waals surface area contributed by atoms with Crippen LogP contribution in [0.4, 0.5) is 0 Å². The van der Waals surface area contributed by atoms with Gasteiger partial charge in [0.1, 0.15) is 6.54 Å². The molecule has 154 valence electrons. The quantitative estimate of drug-likeness (QED) is 0.697. The Morgan fingerprint density at radius 2 is 1.50 bits per heavy atom. The summed E-state index contributed by atoms with van der Waals surface area (Å²) in [6.45, 7) is 11.6. The minimum Gasteiger partial charge on any atom is -0.348 e. The van der Waals surface area contributed by atoms with Crippen LogP contribution < -0.4 is 5.32 Å². The van der Waals surface area contributed by atoms with Crippen molar-refractivity contribution in [3.63, 3.8) is 0 Å². The summed E-state index contributed by atoms with van der Waals surface area (Å²) in [5.41, 5.74) is 2.34. The maximum atomic E-state index is 12.6. The fourth-order valence-electron chi connectivity index (χ4n) is 3.46. The monoisotopic (exact) mass is 387 g/mol. The number of carbonyl (C=O) groups excluding carboxylic acids is 3. The highest BCUT2D eigenvalue weighted by Crippen LogP contribution is 2.25. The molecule has 1 aromatic rings. The molecule has 0 spiro atoms. The number of hydrogen-bond donors (Lipinski definition) is 1. The smallest absolute Gasteiger partial charge is 0.312 e. The first-order valence-corrected chi connectivity index (χ1v) is 10.3. The van der Waals surface area contributed by atoms with Gasteiger partial charge in [-0.15, -0.1) is 0 Å². The molecule has 1 saturated heterocycles. The van der Waals surface area contributed by atoms with Gasteiger partial charge in [-0.25, -0.2) is 0 Å². The zero-order chi connectivity index (χ0) is 20.8. The molecule has 2 atom stereocenters. The van der Waals surface area contributed by atoms with Gasteiger partial charge < -0.3 is 15.1 Å². The molecule has 0 bridgehead atoms. The number of likely N-dealkylation sites (N-methyl/N-ethyl adjacent to an activating group) is 1. The maximum absolute atomic E-state index is 12.6. The molecule has 1 aliphatic rings. The van der Waals surface area contributed by atoms with Crippen LogP contribution in [0, 0.1) is 5.92 Å². The fourth-order valence-corrected chi connectivity index (χ4v) is 3.46. The van der Waals surface area contributed by atoms with Crippen LogP contribution in [0.3, 0.4) is 0 Å². The molecule has 6 nitrogen and oxygen atoms in total. The molecule has 1 N–H and O–H groups in total. The molecule has 6 heteroatoms. The van der Waals surface area contributed by atoms with Crippen LogP contribution in [0.1, 0.15) is 64.1 Å². The Morgan fingerprint density at radius 3 is 2.04 bits per heavy atom. The van der Waals surface area contributed by atoms with E-state index in [9.17, 15) is 14.4 Å². The first-order valence-electron chi connectivity index (χ1n) is 10.3. The highest BCUT2D eigenvalue weighted by atomic mass is 16.2. The number of amides is 3. The highest BCUT2D eigenvalue weighted by Gasteiger charge is 2.33. The van der Waals surface area contributed by atoms with Gasteiger partial charge in [-0.2, -0.15) is 0 Å². The van der Waals surface area contributed by atoms with Crippen LogP contribution in [-0.2, 0) is 14.4 Å². The molecular formula is C22H33N3O3. The lowest BCUT2D eigenvalue weighted by Gasteiger charge is -2.33. The first-order chi connectivity index (χ1) is 13.3. The average molecular weight is 388 g/mol. The second kappa shape index (κ2) is 9.71. The Morgan fingerprint density at radius 1 is 0.964 bits per heavy atom. The Labute approximate surface area is 168 Å². The molecule has 0 saturated carbocycles. The van der Waals surface area contributed by atoms with E-state index in [0.717, 1.165) is 12.0 Å². The van der Waals surface area contributed by atoms with Crippen molar-refractivity contribution < 1.29 is 14.4 Å². The van der Waals surface area contributed by atoms with Crippen molar-refractivity contribution in [1.29, 1.82) is 0 Å². The zero-order valence-electron chi connectivity index (χ0n) is 17.7. The first kappa shape index (κ1) is 21.9. The summed E-state index contributed by atoms with van der Waals surface area (Å²) in [5, 5.41) is 3.05. The lowest BCUT2D eigenvalue weighted by Crippen LogP contribution is -2.56. The van der Waals surface area contributed by atoms with Crippen molar-refractivity contribution in [2.75, 3.05) is 26.2 Å². The summed E-state index contributed by atoms with van der Waals surface area (Å²) in [6.07, 6.45) is 1.09. The van der Waals surface area contributed by atoms with E-state index in [0.29, 0.717) is 25.6 Å². The molecule has 1 aliphatic heterocycles. The second-order valence-corrected chi connectivity index (χ2v) is 7.88. The molecule has 0 aromatic heterocycles. The third kappa shape index (κ3) is 5.12. The van der Waals surface area contributed by atoms with Crippen LogP contribution >= 0.6 is 0 Å². The van der Waals surface area contributed by atoms with E-state index in [1.165, 1.54) is 15.4 Å². The topological polar surface area (TPSA) is 69.7 Å². The Hall–Kier alpha value is -2.37. The summed E-state index contributed by atoms with van der Waals surface area (Å²) in [4.78, 5) is 39.7. The summed E-state index contributed by atoms with van der Waals surface area (Å²) in [7, 11) is 0. The van der Waals surface area contributed by atoms with E-state index < -0.39 is 11.8 Å². The molecule has 3 amide bonds. The van der Waals surface area contributed by atoms with Gasteiger partial charge in [-0.3, -0.25) is 14.4 Å².